The van der Waals surface area contributed by atoms with Gasteiger partial charge in [-0.1, -0.05) is 0 Å². The first-order chi connectivity index (χ1) is 5.76. The first-order valence-corrected chi connectivity index (χ1v) is 3.84. The molecule has 0 aliphatic heterocycles. The number of nitrogens with one attached hydrogen (secondary N) is 1. The molecular formula is C7H10ClN3O. The summed E-state index contributed by atoms with van der Waals surface area (Å²) < 4.78 is 4.91. The van der Waals surface area contributed by atoms with E-state index in [0.29, 0.717) is 12.4 Å². The van der Waals surface area contributed by atoms with Gasteiger partial charge < -0.3 is 10.1 Å². The van der Waals surface area contributed by atoms with Crippen LogP contribution in [-0.4, -0.2) is 24.1 Å². The second-order valence-corrected chi connectivity index (χ2v) is 2.53. The number of aromatic nitrogens is 2. The van der Waals surface area contributed by atoms with E-state index in [1.54, 1.807) is 20.2 Å². The molecule has 0 saturated carbocycles. The number of nitrogens with zero attached hydrogens (tertiary/aromatic N) is 2. The van der Waals surface area contributed by atoms with E-state index in [4.69, 9.17) is 16.3 Å². The maximum atomic E-state index is 5.65. The molecule has 4 nitrogen and oxygen atoms in total. The Morgan fingerprint density at radius 2 is 2.33 bits per heavy atom. The van der Waals surface area contributed by atoms with E-state index in [0.717, 1.165) is 5.69 Å². The Hall–Kier alpha value is -0.870. The summed E-state index contributed by atoms with van der Waals surface area (Å²) in [6, 6.07) is 1.79. The Labute approximate surface area is 75.9 Å². The molecule has 0 bridgehead atoms. The third-order valence-electron chi connectivity index (χ3n) is 1.30. The van der Waals surface area contributed by atoms with E-state index in [1.165, 1.54) is 0 Å². The smallest absolute Gasteiger partial charge is 0.224 e. The van der Waals surface area contributed by atoms with E-state index in [2.05, 4.69) is 15.3 Å². The summed E-state index contributed by atoms with van der Waals surface area (Å²) in [4.78, 5) is 7.88. The molecule has 66 valence electrons. The summed E-state index contributed by atoms with van der Waals surface area (Å²) in [5, 5.41) is 3.11. The summed E-state index contributed by atoms with van der Waals surface area (Å²) in [7, 11) is 3.38. The predicted octanol–water partition coefficient (Wildman–Crippen LogP) is 1.32. The van der Waals surface area contributed by atoms with Gasteiger partial charge in [0.05, 0.1) is 12.3 Å². The molecule has 0 saturated heterocycles. The van der Waals surface area contributed by atoms with Gasteiger partial charge in [0.2, 0.25) is 5.28 Å². The molecule has 0 atom stereocenters. The van der Waals surface area contributed by atoms with Crippen LogP contribution in [0.25, 0.3) is 0 Å². The minimum atomic E-state index is 0.230. The maximum absolute atomic E-state index is 5.65. The van der Waals surface area contributed by atoms with Gasteiger partial charge in [0.1, 0.15) is 5.82 Å². The zero-order valence-electron chi connectivity index (χ0n) is 6.97. The maximum Gasteiger partial charge on any atom is 0.224 e. The van der Waals surface area contributed by atoms with Gasteiger partial charge in [0.25, 0.3) is 0 Å². The summed E-state index contributed by atoms with van der Waals surface area (Å²) in [5.41, 5.74) is 0.766. The van der Waals surface area contributed by atoms with Crippen molar-refractivity contribution in [1.29, 1.82) is 0 Å². The number of methoxy groups -OCH3 is 1. The van der Waals surface area contributed by atoms with Crippen LogP contribution < -0.4 is 5.32 Å². The summed E-state index contributed by atoms with van der Waals surface area (Å²) in [5.74, 6) is 0.696. The average Bonchev–Trinajstić information content (AvgIpc) is 2.04. The second-order valence-electron chi connectivity index (χ2n) is 2.20. The molecular weight excluding hydrogens is 178 g/mol. The van der Waals surface area contributed by atoms with Gasteiger partial charge in [0, 0.05) is 20.2 Å². The second kappa shape index (κ2) is 4.23. The highest BCUT2D eigenvalue weighted by atomic mass is 35.5. The van der Waals surface area contributed by atoms with Crippen molar-refractivity contribution < 1.29 is 4.74 Å². The molecule has 0 aliphatic rings. The third-order valence-corrected chi connectivity index (χ3v) is 1.47. The van der Waals surface area contributed by atoms with Gasteiger partial charge in [-0.3, -0.25) is 0 Å². The Balaban J connectivity index is 2.90. The molecule has 12 heavy (non-hydrogen) atoms. The highest BCUT2D eigenvalue weighted by molar-refractivity contribution is 6.28. The molecule has 1 N–H and O–H groups in total. The number of hydrogen-bond donors (Lipinski definition) is 1. The minimum Gasteiger partial charge on any atom is -0.378 e. The largest absolute Gasteiger partial charge is 0.378 e. The lowest BCUT2D eigenvalue weighted by atomic mass is 10.4. The van der Waals surface area contributed by atoms with Crippen LogP contribution in [0.3, 0.4) is 0 Å². The summed E-state index contributed by atoms with van der Waals surface area (Å²) in [6.45, 7) is 0.441. The number of ether oxygens (including phenoxy) is 1. The first-order valence-electron chi connectivity index (χ1n) is 3.46. The zero-order valence-corrected chi connectivity index (χ0v) is 7.72. The number of hydrogen-bond acceptors (Lipinski definition) is 4. The average molecular weight is 188 g/mol. The van der Waals surface area contributed by atoms with E-state index >= 15 is 0 Å². The lowest BCUT2D eigenvalue weighted by Crippen LogP contribution is -1.99. The highest BCUT2D eigenvalue weighted by Crippen LogP contribution is 2.10. The van der Waals surface area contributed by atoms with Crippen molar-refractivity contribution in [1.82, 2.24) is 9.97 Å². The Morgan fingerprint density at radius 3 is 2.92 bits per heavy atom. The van der Waals surface area contributed by atoms with Gasteiger partial charge in [-0.25, -0.2) is 9.97 Å². The van der Waals surface area contributed by atoms with Crippen molar-refractivity contribution in [2.45, 2.75) is 6.61 Å². The Morgan fingerprint density at radius 1 is 1.58 bits per heavy atom. The number of anilines is 1. The van der Waals surface area contributed by atoms with Crippen LogP contribution in [-0.2, 0) is 11.3 Å². The van der Waals surface area contributed by atoms with Crippen LogP contribution in [0.4, 0.5) is 5.82 Å². The predicted molar refractivity (Wildman–Crippen MR) is 47.3 cm³/mol. The van der Waals surface area contributed by atoms with Gasteiger partial charge in [-0.05, 0) is 11.6 Å². The molecule has 0 fully saturated rings. The minimum absolute atomic E-state index is 0.230. The van der Waals surface area contributed by atoms with E-state index in [9.17, 15) is 0 Å². The topological polar surface area (TPSA) is 47.0 Å². The quantitative estimate of drug-likeness (QED) is 0.726. The van der Waals surface area contributed by atoms with Crippen LogP contribution in [0, 0.1) is 0 Å². The molecule has 5 heteroatoms. The normalized spacial score (nSPS) is 9.92. The fourth-order valence-corrected chi connectivity index (χ4v) is 1.01. The lowest BCUT2D eigenvalue weighted by Gasteiger charge is -2.02. The van der Waals surface area contributed by atoms with Crippen LogP contribution in [0.2, 0.25) is 5.28 Å². The fraction of sp³-hybridized carbons (Fsp3) is 0.429. The molecule has 0 unspecified atom stereocenters. The van der Waals surface area contributed by atoms with Gasteiger partial charge in [0.15, 0.2) is 0 Å². The molecule has 1 rings (SSSR count). The Kier molecular flexibility index (Phi) is 3.25. The first kappa shape index (κ1) is 9.22. The number of halogens is 1. The monoisotopic (exact) mass is 187 g/mol. The summed E-state index contributed by atoms with van der Waals surface area (Å²) in [6.07, 6.45) is 0. The molecule has 0 amide bonds. The van der Waals surface area contributed by atoms with Crippen LogP contribution in [0.15, 0.2) is 6.07 Å². The van der Waals surface area contributed by atoms with E-state index in [-0.39, 0.29) is 5.28 Å². The standard InChI is InChI=1S/C7H10ClN3O/c1-9-6-3-5(4-12-2)10-7(8)11-6/h3H,4H2,1-2H3,(H,9,10,11). The van der Waals surface area contributed by atoms with Crippen LogP contribution in [0.1, 0.15) is 5.69 Å². The molecule has 0 spiro atoms. The zero-order chi connectivity index (χ0) is 8.97. The van der Waals surface area contributed by atoms with E-state index < -0.39 is 0 Å². The molecule has 0 radical (unpaired) electrons. The van der Waals surface area contributed by atoms with Gasteiger partial charge >= 0.3 is 0 Å². The van der Waals surface area contributed by atoms with Crippen molar-refractivity contribution >= 4 is 17.4 Å². The van der Waals surface area contributed by atoms with Crippen molar-refractivity contribution in [2.75, 3.05) is 19.5 Å². The van der Waals surface area contributed by atoms with Crippen LogP contribution in [0.5, 0.6) is 0 Å². The van der Waals surface area contributed by atoms with Gasteiger partial charge in [-0.2, -0.15) is 0 Å². The van der Waals surface area contributed by atoms with Crippen molar-refractivity contribution in [3.63, 3.8) is 0 Å². The van der Waals surface area contributed by atoms with Gasteiger partial charge in [-0.15, -0.1) is 0 Å². The van der Waals surface area contributed by atoms with Crippen molar-refractivity contribution in [3.05, 3.63) is 17.0 Å². The third kappa shape index (κ3) is 2.32. The number of rotatable bonds is 3. The lowest BCUT2D eigenvalue weighted by molar-refractivity contribution is 0.181. The molecule has 1 aromatic heterocycles. The van der Waals surface area contributed by atoms with Crippen LogP contribution >= 0.6 is 11.6 Å². The molecule has 0 aliphatic carbocycles. The highest BCUT2D eigenvalue weighted by Gasteiger charge is 2.00. The summed E-state index contributed by atoms with van der Waals surface area (Å²) >= 11 is 5.65. The fourth-order valence-electron chi connectivity index (χ4n) is 0.815. The van der Waals surface area contributed by atoms with Crippen molar-refractivity contribution in [2.24, 2.45) is 0 Å². The van der Waals surface area contributed by atoms with E-state index in [1.807, 2.05) is 0 Å². The van der Waals surface area contributed by atoms with Crippen molar-refractivity contribution in [3.8, 4) is 0 Å². The molecule has 0 aromatic carbocycles. The molecule has 1 heterocycles. The molecule has 1 aromatic rings. The Bertz CT molecular complexity index is 267. The SMILES string of the molecule is CNc1cc(COC)nc(Cl)n1.